The van der Waals surface area contributed by atoms with Gasteiger partial charge in [0.25, 0.3) is 8.32 Å². The molecule has 57 heavy (non-hydrogen) atoms. The molecule has 4 fully saturated rings. The Balaban J connectivity index is 0.000000352. The number of hydrogen-bond donors (Lipinski definition) is 1. The highest BCUT2D eigenvalue weighted by atomic mass is 28.4. The van der Waals surface area contributed by atoms with Gasteiger partial charge in [0.15, 0.2) is 0 Å². The smallest absolute Gasteiger partial charge is 0.309 e. The van der Waals surface area contributed by atoms with Gasteiger partial charge in [0.2, 0.25) is 0 Å². The summed E-state index contributed by atoms with van der Waals surface area (Å²) in [5.74, 6) is -0.0806. The van der Waals surface area contributed by atoms with Crippen LogP contribution in [0.3, 0.4) is 0 Å². The van der Waals surface area contributed by atoms with Crippen LogP contribution < -0.4 is 10.4 Å². The summed E-state index contributed by atoms with van der Waals surface area (Å²) >= 11 is 0. The van der Waals surface area contributed by atoms with Crippen molar-refractivity contribution < 1.29 is 38.1 Å². The van der Waals surface area contributed by atoms with Gasteiger partial charge in [-0.15, -0.1) is 0 Å². The predicted octanol–water partition coefficient (Wildman–Crippen LogP) is 9.27. The lowest BCUT2D eigenvalue weighted by molar-refractivity contribution is -0.145. The molecule has 4 saturated heterocycles. The van der Waals surface area contributed by atoms with E-state index < -0.39 is 8.32 Å². The van der Waals surface area contributed by atoms with Crippen molar-refractivity contribution in [1.29, 1.82) is 0 Å². The van der Waals surface area contributed by atoms with Crippen molar-refractivity contribution in [2.24, 2.45) is 11.8 Å². The van der Waals surface area contributed by atoms with Gasteiger partial charge in [0.1, 0.15) is 12.2 Å². The van der Waals surface area contributed by atoms with E-state index in [0.29, 0.717) is 6.61 Å². The maximum atomic E-state index is 11.7. The van der Waals surface area contributed by atoms with Crippen LogP contribution in [0.25, 0.3) is 0 Å². The predicted molar refractivity (Wildman–Crippen MR) is 233 cm³/mol. The van der Waals surface area contributed by atoms with Crippen molar-refractivity contribution in [1.82, 2.24) is 0 Å². The lowest BCUT2D eigenvalue weighted by Crippen LogP contribution is -2.66. The molecule has 0 amide bonds. The second-order valence-corrected chi connectivity index (χ2v) is 21.6. The van der Waals surface area contributed by atoms with Crippen LogP contribution >= 0.6 is 0 Å². The molecule has 4 aliphatic heterocycles. The highest BCUT2D eigenvalue weighted by molar-refractivity contribution is 6.99. The van der Waals surface area contributed by atoms with E-state index in [9.17, 15) is 9.59 Å². The molecule has 318 valence electrons. The molecule has 4 heterocycles. The van der Waals surface area contributed by atoms with Crippen molar-refractivity contribution in [3.8, 4) is 0 Å². The Morgan fingerprint density at radius 3 is 1.46 bits per heavy atom. The topological polar surface area (TPSA) is 101 Å². The first-order valence-corrected chi connectivity index (χ1v) is 22.6. The normalized spacial score (nSPS) is 27.3. The van der Waals surface area contributed by atoms with Crippen LogP contribution in [0.15, 0.2) is 85.0 Å². The number of esters is 2. The Labute approximate surface area is 345 Å². The Morgan fingerprint density at radius 1 is 0.667 bits per heavy atom. The Morgan fingerprint density at radius 2 is 1.09 bits per heavy atom. The fraction of sp³-hybridized carbons (Fsp3) is 0.625. The number of cyclic esters (lactones) is 2. The quantitative estimate of drug-likeness (QED) is 0.0776. The second-order valence-electron chi connectivity index (χ2n) is 17.3. The van der Waals surface area contributed by atoms with Gasteiger partial charge in [0, 0.05) is 13.2 Å². The average Bonchev–Trinajstić information content (AvgIpc) is 3.90. The molecule has 1 N–H and O–H groups in total. The third kappa shape index (κ3) is 12.7. The van der Waals surface area contributed by atoms with E-state index in [1.165, 1.54) is 15.9 Å². The van der Waals surface area contributed by atoms with Crippen molar-refractivity contribution in [2.45, 2.75) is 168 Å². The molecular weight excluding hydrogens is 733 g/mol. The monoisotopic (exact) mass is 807 g/mol. The lowest BCUT2D eigenvalue weighted by Gasteiger charge is -2.43. The van der Waals surface area contributed by atoms with E-state index in [4.69, 9.17) is 28.5 Å². The Bertz CT molecular complexity index is 1520. The molecule has 6 rings (SSSR count). The first-order chi connectivity index (χ1) is 26.3. The third-order valence-corrected chi connectivity index (χ3v) is 16.8. The minimum atomic E-state index is -2.49. The second kappa shape index (κ2) is 22.3. The summed E-state index contributed by atoms with van der Waals surface area (Å²) in [4.78, 5) is 23.0. The summed E-state index contributed by atoms with van der Waals surface area (Å²) in [6.45, 7) is 20.1. The van der Waals surface area contributed by atoms with Crippen LogP contribution in [-0.2, 0) is 33.0 Å². The first kappa shape index (κ1) is 48.3. The Hall–Kier alpha value is -3.08. The van der Waals surface area contributed by atoms with Crippen LogP contribution in [-0.4, -0.2) is 75.2 Å². The van der Waals surface area contributed by atoms with E-state index in [0.717, 1.165) is 82.6 Å². The maximum Gasteiger partial charge on any atom is 0.309 e. The molecule has 8 atom stereocenters. The van der Waals surface area contributed by atoms with Gasteiger partial charge in [-0.2, -0.15) is 0 Å². The highest BCUT2D eigenvalue weighted by Crippen LogP contribution is 2.38. The van der Waals surface area contributed by atoms with E-state index in [2.05, 4.69) is 94.6 Å². The highest BCUT2D eigenvalue weighted by Gasteiger charge is 2.50. The zero-order valence-corrected chi connectivity index (χ0v) is 35.0. The van der Waals surface area contributed by atoms with E-state index >= 15 is 0 Å². The van der Waals surface area contributed by atoms with E-state index in [1.54, 1.807) is 0 Å². The molecule has 0 radical (unpaired) electrons. The molecule has 0 aliphatic carbocycles. The molecule has 0 spiro atoms. The van der Waals surface area contributed by atoms with Gasteiger partial charge in [-0.05, 0) is 104 Å². The van der Waals surface area contributed by atoms with Crippen LogP contribution in [0.4, 0.5) is 0 Å². The van der Waals surface area contributed by atoms with E-state index in [-0.39, 0.29) is 86.9 Å². The summed E-state index contributed by atoms with van der Waals surface area (Å²) in [6.07, 6.45) is 11.1. The number of carbonyl (C=O) groups is 2. The van der Waals surface area contributed by atoms with Crippen LogP contribution in [0, 0.1) is 11.8 Å². The molecule has 4 aliphatic rings. The molecule has 0 aromatic heterocycles. The van der Waals surface area contributed by atoms with Crippen LogP contribution in [0.1, 0.15) is 127 Å². The fourth-order valence-corrected chi connectivity index (χ4v) is 13.4. The zero-order chi connectivity index (χ0) is 39.6. The van der Waals surface area contributed by atoms with Crippen molar-refractivity contribution in [2.75, 3.05) is 13.2 Å². The number of hydrogen-bond acceptors (Lipinski definition) is 8. The van der Waals surface area contributed by atoms with Gasteiger partial charge in [-0.3, -0.25) is 9.59 Å². The summed E-state index contributed by atoms with van der Waals surface area (Å²) in [6, 6.07) is 21.6. The van der Waals surface area contributed by atoms with Crippen LogP contribution in [0.5, 0.6) is 0 Å². The average molecular weight is 807 g/mol. The standard InChI is InChI=1S/C31H42O4Si.C15H24O4.2CH4/c1-23-21-25(34-29(23)19-18-26-22-24(2)30(32)35-26)13-12-20-33-36(31(3,4)5,27-14-8-6-9-15-27)28-16-10-7-11-17-28;1-10-8-12(4-3-7-16)18-14(10)6-5-13-9-11(2)15(17)19-13;;/h6-11,14-17,24-26,29H,1,12-13,18-22H2,2-5H3;11-14,16H,1,3-9H2,2H3;2*1H4/t24-,25+,26?,29+;11-,12+,13?,14+;;/m11../s1. The maximum absolute atomic E-state index is 11.7. The van der Waals surface area contributed by atoms with Crippen molar-refractivity contribution in [3.05, 3.63) is 85.0 Å². The number of aliphatic hydroxyl groups excluding tert-OH is 1. The summed E-state index contributed by atoms with van der Waals surface area (Å²) in [5.41, 5.74) is 2.31. The molecule has 2 aromatic rings. The third-order valence-electron chi connectivity index (χ3n) is 11.8. The molecule has 2 aromatic carbocycles. The number of carbonyl (C=O) groups excluding carboxylic acids is 2. The molecule has 0 bridgehead atoms. The molecule has 0 saturated carbocycles. The van der Waals surface area contributed by atoms with Gasteiger partial charge >= 0.3 is 11.9 Å². The molecule has 9 heteroatoms. The molecular formula is C48H74O8Si. The Kier molecular flexibility index (Phi) is 18.9. The minimum Gasteiger partial charge on any atom is -0.462 e. The van der Waals surface area contributed by atoms with Crippen molar-refractivity contribution in [3.63, 3.8) is 0 Å². The first-order valence-electron chi connectivity index (χ1n) is 20.7. The van der Waals surface area contributed by atoms with E-state index in [1.807, 2.05) is 13.8 Å². The summed E-state index contributed by atoms with van der Waals surface area (Å²) in [7, 11) is -2.49. The molecule has 2 unspecified atom stereocenters. The molecule has 8 nitrogen and oxygen atoms in total. The summed E-state index contributed by atoms with van der Waals surface area (Å²) in [5, 5.41) is 11.4. The number of aliphatic hydroxyl groups is 1. The van der Waals surface area contributed by atoms with Gasteiger partial charge in [0.05, 0.1) is 36.3 Å². The van der Waals surface area contributed by atoms with Crippen LogP contribution in [0.2, 0.25) is 5.04 Å². The van der Waals surface area contributed by atoms with Gasteiger partial charge in [-0.25, -0.2) is 0 Å². The fourth-order valence-electron chi connectivity index (χ4n) is 8.77. The summed E-state index contributed by atoms with van der Waals surface area (Å²) < 4.78 is 30.1. The largest absolute Gasteiger partial charge is 0.462 e. The van der Waals surface area contributed by atoms with Gasteiger partial charge in [-0.1, -0.05) is 123 Å². The number of ether oxygens (including phenoxy) is 4. The number of benzene rings is 2. The lowest BCUT2D eigenvalue weighted by atomic mass is 9.99. The number of rotatable bonds is 16. The minimum absolute atomic E-state index is 0. The zero-order valence-electron chi connectivity index (χ0n) is 34.0. The van der Waals surface area contributed by atoms with Crippen molar-refractivity contribution >= 4 is 30.6 Å². The van der Waals surface area contributed by atoms with Gasteiger partial charge < -0.3 is 28.5 Å². The SMILES string of the molecule is C.C.C=C1C[C@H](CCCO)O[C@H]1CCC1C[C@@H](C)C(=O)O1.C=C1C[C@H](CCCO[Si](c2ccccc2)(c2ccccc2)C(C)(C)C)O[C@H]1CCC1C[C@@H](C)C(=O)O1.